The van der Waals surface area contributed by atoms with Crippen LogP contribution in [-0.4, -0.2) is 4.98 Å². The number of benzene rings is 1. The molecule has 2 rings (SSSR count). The fourth-order valence-corrected chi connectivity index (χ4v) is 1.67. The fourth-order valence-electron chi connectivity index (χ4n) is 1.36. The molecule has 1 aromatic heterocycles. The van der Waals surface area contributed by atoms with Gasteiger partial charge in [0, 0.05) is 12.3 Å². The summed E-state index contributed by atoms with van der Waals surface area (Å²) in [5.74, 6) is -1.22. The first-order valence-electron chi connectivity index (χ1n) is 4.88. The van der Waals surface area contributed by atoms with Crippen LogP contribution >= 0.6 is 15.9 Å². The number of hydrogen-bond acceptors (Lipinski definition) is 3. The van der Waals surface area contributed by atoms with E-state index in [9.17, 15) is 8.78 Å². The molecule has 6 heteroatoms. The molecular formula is C12H6BrF2N3. The van der Waals surface area contributed by atoms with E-state index < -0.39 is 11.6 Å². The fraction of sp³-hybridized carbons (Fsp3) is 0. The third kappa shape index (κ3) is 2.46. The maximum Gasteiger partial charge on any atom is 0.163 e. The molecule has 0 aliphatic rings. The molecule has 0 fully saturated rings. The summed E-state index contributed by atoms with van der Waals surface area (Å²) in [5.41, 5.74) is 0.376. The van der Waals surface area contributed by atoms with E-state index in [1.807, 2.05) is 6.07 Å². The van der Waals surface area contributed by atoms with Crippen LogP contribution in [0.1, 0.15) is 5.69 Å². The van der Waals surface area contributed by atoms with Gasteiger partial charge in [-0.1, -0.05) is 0 Å². The summed E-state index contributed by atoms with van der Waals surface area (Å²) in [4.78, 5) is 3.81. The number of anilines is 2. The number of nitriles is 1. The second-order valence-electron chi connectivity index (χ2n) is 3.38. The Labute approximate surface area is 110 Å². The van der Waals surface area contributed by atoms with Gasteiger partial charge in [-0.25, -0.2) is 13.8 Å². The van der Waals surface area contributed by atoms with Crippen molar-refractivity contribution in [3.05, 3.63) is 52.3 Å². The average molecular weight is 310 g/mol. The molecule has 0 aliphatic carbocycles. The van der Waals surface area contributed by atoms with Crippen molar-refractivity contribution in [2.24, 2.45) is 0 Å². The number of rotatable bonds is 2. The van der Waals surface area contributed by atoms with E-state index in [2.05, 4.69) is 26.2 Å². The van der Waals surface area contributed by atoms with Crippen LogP contribution in [-0.2, 0) is 0 Å². The first-order valence-corrected chi connectivity index (χ1v) is 5.68. The van der Waals surface area contributed by atoms with Crippen LogP contribution in [0.5, 0.6) is 0 Å². The highest BCUT2D eigenvalue weighted by Crippen LogP contribution is 2.26. The zero-order valence-corrected chi connectivity index (χ0v) is 10.5. The third-order valence-electron chi connectivity index (χ3n) is 2.19. The van der Waals surface area contributed by atoms with E-state index in [0.717, 1.165) is 12.1 Å². The van der Waals surface area contributed by atoms with Gasteiger partial charge in [-0.2, -0.15) is 5.26 Å². The smallest absolute Gasteiger partial charge is 0.163 e. The van der Waals surface area contributed by atoms with Crippen molar-refractivity contribution in [2.45, 2.75) is 0 Å². The Morgan fingerprint density at radius 3 is 2.72 bits per heavy atom. The van der Waals surface area contributed by atoms with E-state index >= 15 is 0 Å². The standard InChI is InChI=1S/C12H6BrF2N3/c13-7-4-9(15)11(5-8(7)14)18-10-2-1-3-17-12(10)6-16/h1-5,18H. The third-order valence-corrected chi connectivity index (χ3v) is 2.80. The molecule has 0 aliphatic heterocycles. The zero-order valence-electron chi connectivity index (χ0n) is 8.92. The van der Waals surface area contributed by atoms with E-state index in [0.29, 0.717) is 5.69 Å². The molecule has 0 saturated carbocycles. The zero-order chi connectivity index (χ0) is 13.1. The van der Waals surface area contributed by atoms with Crippen LogP contribution in [0.3, 0.4) is 0 Å². The largest absolute Gasteiger partial charge is 0.351 e. The highest BCUT2D eigenvalue weighted by Gasteiger charge is 2.10. The lowest BCUT2D eigenvalue weighted by Gasteiger charge is -2.09. The van der Waals surface area contributed by atoms with Crippen LogP contribution in [0.25, 0.3) is 0 Å². The topological polar surface area (TPSA) is 48.7 Å². The molecule has 3 nitrogen and oxygen atoms in total. The average Bonchev–Trinajstić information content (AvgIpc) is 2.36. The summed E-state index contributed by atoms with van der Waals surface area (Å²) >= 11 is 2.89. The normalized spacial score (nSPS) is 9.89. The quantitative estimate of drug-likeness (QED) is 0.860. The Balaban J connectivity index is 2.41. The highest BCUT2D eigenvalue weighted by molar-refractivity contribution is 9.10. The number of nitrogens with zero attached hydrogens (tertiary/aromatic N) is 2. The Hall–Kier alpha value is -2.00. The van der Waals surface area contributed by atoms with E-state index in [1.165, 1.54) is 6.20 Å². The molecule has 0 spiro atoms. The van der Waals surface area contributed by atoms with E-state index in [1.54, 1.807) is 12.1 Å². The number of hydrogen-bond donors (Lipinski definition) is 1. The Morgan fingerprint density at radius 2 is 2.00 bits per heavy atom. The molecule has 0 amide bonds. The van der Waals surface area contributed by atoms with Crippen molar-refractivity contribution >= 4 is 27.3 Å². The van der Waals surface area contributed by atoms with Crippen LogP contribution < -0.4 is 5.32 Å². The molecule has 18 heavy (non-hydrogen) atoms. The number of aromatic nitrogens is 1. The summed E-state index contributed by atoms with van der Waals surface area (Å²) < 4.78 is 26.9. The predicted molar refractivity (Wildman–Crippen MR) is 66.3 cm³/mol. The lowest BCUT2D eigenvalue weighted by Crippen LogP contribution is -1.98. The molecule has 0 unspecified atom stereocenters. The SMILES string of the molecule is N#Cc1ncccc1Nc1cc(F)c(Br)cc1F. The molecule has 1 aromatic carbocycles. The van der Waals surface area contributed by atoms with Crippen molar-refractivity contribution in [3.8, 4) is 6.07 Å². The van der Waals surface area contributed by atoms with Gasteiger partial charge >= 0.3 is 0 Å². The maximum absolute atomic E-state index is 13.6. The summed E-state index contributed by atoms with van der Waals surface area (Å²) in [6, 6.07) is 7.04. The lowest BCUT2D eigenvalue weighted by atomic mass is 10.2. The number of nitrogens with one attached hydrogen (secondary N) is 1. The van der Waals surface area contributed by atoms with E-state index in [4.69, 9.17) is 5.26 Å². The van der Waals surface area contributed by atoms with Crippen LogP contribution in [0.15, 0.2) is 34.9 Å². The number of pyridine rings is 1. The van der Waals surface area contributed by atoms with Crippen molar-refractivity contribution in [1.29, 1.82) is 5.26 Å². The summed E-state index contributed by atoms with van der Waals surface area (Å²) in [6.07, 6.45) is 1.45. The van der Waals surface area contributed by atoms with Crippen molar-refractivity contribution < 1.29 is 8.78 Å². The monoisotopic (exact) mass is 309 g/mol. The Kier molecular flexibility index (Phi) is 3.53. The first kappa shape index (κ1) is 12.5. The molecule has 1 N–H and O–H groups in total. The minimum atomic E-state index is -0.629. The van der Waals surface area contributed by atoms with Gasteiger partial charge in [0.2, 0.25) is 0 Å². The lowest BCUT2D eigenvalue weighted by molar-refractivity contribution is 0.598. The molecule has 90 valence electrons. The van der Waals surface area contributed by atoms with Crippen molar-refractivity contribution in [1.82, 2.24) is 4.98 Å². The maximum atomic E-state index is 13.6. The molecule has 0 bridgehead atoms. The second-order valence-corrected chi connectivity index (χ2v) is 4.24. The van der Waals surface area contributed by atoms with Crippen molar-refractivity contribution in [3.63, 3.8) is 0 Å². The van der Waals surface area contributed by atoms with Gasteiger partial charge < -0.3 is 5.32 Å². The Bertz CT molecular complexity index is 638. The first-order chi connectivity index (χ1) is 8.61. The van der Waals surface area contributed by atoms with Gasteiger partial charge in [0.05, 0.1) is 15.8 Å². The number of halogens is 3. The van der Waals surface area contributed by atoms with Gasteiger partial charge in [0.15, 0.2) is 5.69 Å². The molecule has 0 atom stereocenters. The van der Waals surface area contributed by atoms with Gasteiger partial charge in [0.1, 0.15) is 17.7 Å². The van der Waals surface area contributed by atoms with Gasteiger partial charge in [-0.3, -0.25) is 0 Å². The van der Waals surface area contributed by atoms with Crippen molar-refractivity contribution in [2.75, 3.05) is 5.32 Å². The molecule has 0 radical (unpaired) electrons. The summed E-state index contributed by atoms with van der Waals surface area (Å²) in [7, 11) is 0. The van der Waals surface area contributed by atoms with Gasteiger partial charge in [0.25, 0.3) is 0 Å². The van der Waals surface area contributed by atoms with Crippen LogP contribution in [0.4, 0.5) is 20.2 Å². The predicted octanol–water partition coefficient (Wildman–Crippen LogP) is 3.74. The molecular weight excluding hydrogens is 304 g/mol. The van der Waals surface area contributed by atoms with Gasteiger partial charge in [-0.15, -0.1) is 0 Å². The van der Waals surface area contributed by atoms with E-state index in [-0.39, 0.29) is 15.9 Å². The molecule has 0 saturated heterocycles. The molecule has 2 aromatic rings. The summed E-state index contributed by atoms with van der Waals surface area (Å²) in [5, 5.41) is 11.5. The second kappa shape index (κ2) is 5.10. The molecule has 1 heterocycles. The minimum absolute atomic E-state index is 0.0391. The van der Waals surface area contributed by atoms with Crippen LogP contribution in [0, 0.1) is 23.0 Å². The minimum Gasteiger partial charge on any atom is -0.351 e. The summed E-state index contributed by atoms with van der Waals surface area (Å²) in [6.45, 7) is 0. The Morgan fingerprint density at radius 1 is 1.22 bits per heavy atom. The highest BCUT2D eigenvalue weighted by atomic mass is 79.9. The van der Waals surface area contributed by atoms with Gasteiger partial charge in [-0.05, 0) is 34.1 Å². The van der Waals surface area contributed by atoms with Crippen LogP contribution in [0.2, 0.25) is 0 Å².